The van der Waals surface area contributed by atoms with Crippen molar-refractivity contribution in [2.24, 2.45) is 0 Å². The second-order valence-electron chi connectivity index (χ2n) is 4.93. The predicted molar refractivity (Wildman–Crippen MR) is 72.7 cm³/mol. The summed E-state index contributed by atoms with van der Waals surface area (Å²) in [5.41, 5.74) is 1.36. The van der Waals surface area contributed by atoms with Gasteiger partial charge < -0.3 is 14.5 Å². The Labute approximate surface area is 110 Å². The molecule has 3 rings (SSSR count). The molecule has 1 aliphatic carbocycles. The van der Waals surface area contributed by atoms with E-state index in [1.54, 1.807) is 6.07 Å². The molecule has 96 valence electrons. The molecule has 1 aliphatic rings. The van der Waals surface area contributed by atoms with Gasteiger partial charge in [-0.2, -0.15) is 0 Å². The zero-order valence-corrected chi connectivity index (χ0v) is 11.1. The average Bonchev–Trinajstić information content (AvgIpc) is 3.13. The summed E-state index contributed by atoms with van der Waals surface area (Å²) in [6, 6.07) is 5.82. The summed E-state index contributed by atoms with van der Waals surface area (Å²) >= 11 is 5.27. The molecule has 0 spiro atoms. The van der Waals surface area contributed by atoms with Crippen molar-refractivity contribution in [3.63, 3.8) is 0 Å². The Balaban J connectivity index is 1.88. The molecule has 0 radical (unpaired) electrons. The van der Waals surface area contributed by atoms with Crippen LogP contribution in [0.2, 0.25) is 0 Å². The van der Waals surface area contributed by atoms with Crippen LogP contribution in [0.5, 0.6) is 0 Å². The number of imidazole rings is 1. The third-order valence-corrected chi connectivity index (χ3v) is 3.93. The van der Waals surface area contributed by atoms with E-state index in [0.717, 1.165) is 24.6 Å². The van der Waals surface area contributed by atoms with Gasteiger partial charge in [0.05, 0.1) is 5.52 Å². The second kappa shape index (κ2) is 4.48. The molecule has 1 fully saturated rings. The molecule has 5 heteroatoms. The Bertz CT molecular complexity index is 627. The lowest BCUT2D eigenvalue weighted by Crippen LogP contribution is -2.25. The standard InChI is InChI=1S/C13H16FN3S/c1-16(9-5-6-9)7-8-17-11-4-2-3-10(14)12(11)15-13(17)18/h2-4,9H,5-8H2,1H3,(H,15,18). The molecule has 2 aromatic rings. The Hall–Kier alpha value is -1.20. The van der Waals surface area contributed by atoms with Crippen LogP contribution in [0.25, 0.3) is 11.0 Å². The molecule has 0 aliphatic heterocycles. The van der Waals surface area contributed by atoms with Crippen LogP contribution in [-0.2, 0) is 6.54 Å². The Morgan fingerprint density at radius 3 is 3.00 bits per heavy atom. The minimum atomic E-state index is -0.243. The van der Waals surface area contributed by atoms with E-state index in [4.69, 9.17) is 12.2 Å². The van der Waals surface area contributed by atoms with Gasteiger partial charge in [0.1, 0.15) is 11.3 Å². The van der Waals surface area contributed by atoms with Crippen molar-refractivity contribution in [1.29, 1.82) is 0 Å². The highest BCUT2D eigenvalue weighted by Crippen LogP contribution is 2.25. The number of fused-ring (bicyclic) bond motifs is 1. The lowest BCUT2D eigenvalue weighted by atomic mass is 10.3. The molecule has 0 unspecified atom stereocenters. The van der Waals surface area contributed by atoms with Crippen molar-refractivity contribution in [1.82, 2.24) is 14.5 Å². The monoisotopic (exact) mass is 265 g/mol. The number of likely N-dealkylation sites (N-methyl/N-ethyl adjacent to an activating group) is 1. The van der Waals surface area contributed by atoms with Crippen molar-refractivity contribution >= 4 is 23.3 Å². The van der Waals surface area contributed by atoms with E-state index < -0.39 is 0 Å². The number of aromatic nitrogens is 2. The topological polar surface area (TPSA) is 24.0 Å². The Kier molecular flexibility index (Phi) is 2.95. The molecular formula is C13H16FN3S. The van der Waals surface area contributed by atoms with Crippen molar-refractivity contribution in [3.05, 3.63) is 28.8 Å². The first kappa shape index (κ1) is 11.9. The molecule has 0 saturated heterocycles. The molecule has 1 aromatic heterocycles. The highest BCUT2D eigenvalue weighted by Gasteiger charge is 2.25. The van der Waals surface area contributed by atoms with Gasteiger partial charge in [0, 0.05) is 19.1 Å². The first-order chi connectivity index (χ1) is 8.66. The van der Waals surface area contributed by atoms with Crippen molar-refractivity contribution in [2.45, 2.75) is 25.4 Å². The number of benzene rings is 1. The first-order valence-electron chi connectivity index (χ1n) is 6.24. The van der Waals surface area contributed by atoms with Gasteiger partial charge in [-0.05, 0) is 44.2 Å². The van der Waals surface area contributed by atoms with Crippen molar-refractivity contribution in [3.8, 4) is 0 Å². The van der Waals surface area contributed by atoms with E-state index in [0.29, 0.717) is 10.3 Å². The predicted octanol–water partition coefficient (Wildman–Crippen LogP) is 2.93. The van der Waals surface area contributed by atoms with Gasteiger partial charge in [0.2, 0.25) is 0 Å². The summed E-state index contributed by atoms with van der Waals surface area (Å²) in [6.07, 6.45) is 2.59. The maximum absolute atomic E-state index is 13.6. The summed E-state index contributed by atoms with van der Waals surface area (Å²) in [5.74, 6) is -0.243. The fourth-order valence-electron chi connectivity index (χ4n) is 2.32. The highest BCUT2D eigenvalue weighted by molar-refractivity contribution is 7.71. The largest absolute Gasteiger partial charge is 0.328 e. The fraction of sp³-hybridized carbons (Fsp3) is 0.462. The first-order valence-corrected chi connectivity index (χ1v) is 6.65. The van der Waals surface area contributed by atoms with Gasteiger partial charge in [-0.1, -0.05) is 6.07 Å². The summed E-state index contributed by atoms with van der Waals surface area (Å²) in [4.78, 5) is 5.30. The SMILES string of the molecule is CN(CCn1c(=S)[nH]c2c(F)cccc21)C1CC1. The lowest BCUT2D eigenvalue weighted by molar-refractivity contribution is 0.310. The highest BCUT2D eigenvalue weighted by atomic mass is 32.1. The smallest absolute Gasteiger partial charge is 0.178 e. The number of halogens is 1. The average molecular weight is 265 g/mol. The third-order valence-electron chi connectivity index (χ3n) is 3.61. The van der Waals surface area contributed by atoms with E-state index in [9.17, 15) is 4.39 Å². The zero-order chi connectivity index (χ0) is 12.7. The summed E-state index contributed by atoms with van der Waals surface area (Å²) < 4.78 is 16.2. The molecule has 1 heterocycles. The minimum absolute atomic E-state index is 0.243. The van der Waals surface area contributed by atoms with Crippen LogP contribution >= 0.6 is 12.2 Å². The van der Waals surface area contributed by atoms with Crippen LogP contribution < -0.4 is 0 Å². The van der Waals surface area contributed by atoms with E-state index in [-0.39, 0.29) is 5.82 Å². The Morgan fingerprint density at radius 2 is 2.28 bits per heavy atom. The van der Waals surface area contributed by atoms with Gasteiger partial charge in [0.15, 0.2) is 4.77 Å². The van der Waals surface area contributed by atoms with E-state index in [1.165, 1.54) is 18.9 Å². The number of rotatable bonds is 4. The minimum Gasteiger partial charge on any atom is -0.328 e. The van der Waals surface area contributed by atoms with Crippen LogP contribution in [-0.4, -0.2) is 34.1 Å². The summed E-state index contributed by atoms with van der Waals surface area (Å²) in [7, 11) is 2.14. The van der Waals surface area contributed by atoms with E-state index in [1.807, 2.05) is 10.6 Å². The molecule has 1 saturated carbocycles. The van der Waals surface area contributed by atoms with Crippen molar-refractivity contribution < 1.29 is 4.39 Å². The van der Waals surface area contributed by atoms with Crippen molar-refractivity contribution in [2.75, 3.05) is 13.6 Å². The molecule has 0 atom stereocenters. The van der Waals surface area contributed by atoms with Crippen LogP contribution in [0.3, 0.4) is 0 Å². The number of para-hydroxylation sites is 1. The molecular weight excluding hydrogens is 249 g/mol. The fourth-order valence-corrected chi connectivity index (χ4v) is 2.61. The molecule has 3 nitrogen and oxygen atoms in total. The molecule has 0 amide bonds. The van der Waals surface area contributed by atoms with Crippen LogP contribution in [0.1, 0.15) is 12.8 Å². The number of nitrogens with zero attached hydrogens (tertiary/aromatic N) is 2. The third kappa shape index (κ3) is 2.08. The van der Waals surface area contributed by atoms with Gasteiger partial charge in [-0.3, -0.25) is 0 Å². The molecule has 0 bridgehead atoms. The molecule has 1 aromatic carbocycles. The van der Waals surface area contributed by atoms with Gasteiger partial charge >= 0.3 is 0 Å². The van der Waals surface area contributed by atoms with Gasteiger partial charge in [-0.25, -0.2) is 4.39 Å². The zero-order valence-electron chi connectivity index (χ0n) is 10.3. The molecule has 1 N–H and O–H groups in total. The van der Waals surface area contributed by atoms with E-state index >= 15 is 0 Å². The summed E-state index contributed by atoms with van der Waals surface area (Å²) in [5, 5.41) is 0. The van der Waals surface area contributed by atoms with Gasteiger partial charge in [-0.15, -0.1) is 0 Å². The molecule has 18 heavy (non-hydrogen) atoms. The quantitative estimate of drug-likeness (QED) is 0.859. The normalized spacial score (nSPS) is 15.7. The van der Waals surface area contributed by atoms with Gasteiger partial charge in [0.25, 0.3) is 0 Å². The number of H-pyrrole nitrogens is 1. The number of hydrogen-bond donors (Lipinski definition) is 1. The van der Waals surface area contributed by atoms with Crippen LogP contribution in [0.4, 0.5) is 4.39 Å². The van der Waals surface area contributed by atoms with Crippen LogP contribution in [0, 0.1) is 10.6 Å². The van der Waals surface area contributed by atoms with E-state index in [2.05, 4.69) is 16.9 Å². The lowest BCUT2D eigenvalue weighted by Gasteiger charge is -2.16. The summed E-state index contributed by atoms with van der Waals surface area (Å²) in [6.45, 7) is 1.75. The number of nitrogens with one attached hydrogen (secondary N) is 1. The van der Waals surface area contributed by atoms with Crippen LogP contribution in [0.15, 0.2) is 18.2 Å². The maximum Gasteiger partial charge on any atom is 0.178 e. The second-order valence-corrected chi connectivity index (χ2v) is 5.31. The number of hydrogen-bond acceptors (Lipinski definition) is 2. The Morgan fingerprint density at radius 1 is 1.50 bits per heavy atom. The maximum atomic E-state index is 13.6. The number of aromatic amines is 1.